The quantitative estimate of drug-likeness (QED) is 0.936. The summed E-state index contributed by atoms with van der Waals surface area (Å²) in [5.41, 5.74) is 2.56. The zero-order valence-corrected chi connectivity index (χ0v) is 12.7. The monoisotopic (exact) mass is 286 g/mol. The van der Waals surface area contributed by atoms with E-state index in [1.807, 2.05) is 23.1 Å². The Bertz CT molecular complexity index is 632. The average molecular weight is 286 g/mol. The molecule has 2 heterocycles. The van der Waals surface area contributed by atoms with Crippen molar-refractivity contribution in [3.63, 3.8) is 0 Å². The summed E-state index contributed by atoms with van der Waals surface area (Å²) in [7, 11) is 0. The number of nitrogens with zero attached hydrogens (tertiary/aromatic N) is 3. The Morgan fingerprint density at radius 2 is 2.24 bits per heavy atom. The van der Waals surface area contributed by atoms with Crippen LogP contribution in [0.15, 0.2) is 24.5 Å². The Labute approximate surface area is 125 Å². The predicted molar refractivity (Wildman–Crippen MR) is 83.3 cm³/mol. The summed E-state index contributed by atoms with van der Waals surface area (Å²) < 4.78 is 0. The molecule has 1 fully saturated rings. The van der Waals surface area contributed by atoms with Crippen LogP contribution in [0.25, 0.3) is 11.0 Å². The molecule has 5 heteroatoms. The van der Waals surface area contributed by atoms with E-state index in [9.17, 15) is 4.79 Å². The molecule has 1 aliphatic heterocycles. The minimum absolute atomic E-state index is 0.126. The Morgan fingerprint density at radius 1 is 1.43 bits per heavy atom. The molecule has 3 rings (SSSR count). The van der Waals surface area contributed by atoms with Crippen LogP contribution in [0.4, 0.5) is 0 Å². The van der Waals surface area contributed by atoms with Crippen LogP contribution in [0.2, 0.25) is 0 Å². The van der Waals surface area contributed by atoms with Gasteiger partial charge in [-0.05, 0) is 37.7 Å². The summed E-state index contributed by atoms with van der Waals surface area (Å²) in [5, 5.41) is 0. The van der Waals surface area contributed by atoms with Gasteiger partial charge in [0.2, 0.25) is 0 Å². The topological polar surface area (TPSA) is 52.2 Å². The molecule has 0 radical (unpaired) electrons. The molecular weight excluding hydrogens is 264 g/mol. The summed E-state index contributed by atoms with van der Waals surface area (Å²) >= 11 is 0. The van der Waals surface area contributed by atoms with Crippen molar-refractivity contribution in [2.45, 2.75) is 26.3 Å². The Hall–Kier alpha value is -1.88. The van der Waals surface area contributed by atoms with E-state index in [0.717, 1.165) is 49.2 Å². The van der Waals surface area contributed by atoms with Crippen LogP contribution in [-0.2, 0) is 0 Å². The van der Waals surface area contributed by atoms with E-state index in [1.54, 1.807) is 6.33 Å². The zero-order chi connectivity index (χ0) is 14.8. The lowest BCUT2D eigenvalue weighted by atomic mass is 10.2. The van der Waals surface area contributed by atoms with Crippen molar-refractivity contribution in [2.75, 3.05) is 26.2 Å². The number of rotatable bonds is 4. The standard InChI is InChI=1S/C16H22N4O/c1-3-19(4-2)13-7-8-20(10-13)16(21)12-5-6-14-15(9-12)18-11-17-14/h5-6,9,11,13H,3-4,7-8,10H2,1-2H3,(H,17,18). The number of carbonyl (C=O) groups excluding carboxylic acids is 1. The number of hydrogen-bond acceptors (Lipinski definition) is 3. The van der Waals surface area contributed by atoms with Gasteiger partial charge in [0.05, 0.1) is 17.4 Å². The van der Waals surface area contributed by atoms with Crippen LogP contribution < -0.4 is 0 Å². The predicted octanol–water partition coefficient (Wildman–Crippen LogP) is 2.12. The number of carbonyl (C=O) groups is 1. The lowest BCUT2D eigenvalue weighted by Gasteiger charge is -2.26. The summed E-state index contributed by atoms with van der Waals surface area (Å²) in [6.45, 7) is 8.13. The van der Waals surface area contributed by atoms with Crippen molar-refractivity contribution in [2.24, 2.45) is 0 Å². The summed E-state index contributed by atoms with van der Waals surface area (Å²) in [4.78, 5) is 24.3. The van der Waals surface area contributed by atoms with Gasteiger partial charge in [0.15, 0.2) is 0 Å². The molecule has 5 nitrogen and oxygen atoms in total. The molecule has 0 saturated carbocycles. The lowest BCUT2D eigenvalue weighted by Crippen LogP contribution is -2.38. The van der Waals surface area contributed by atoms with E-state index in [4.69, 9.17) is 0 Å². The van der Waals surface area contributed by atoms with Gasteiger partial charge in [0, 0.05) is 24.7 Å². The van der Waals surface area contributed by atoms with Crippen LogP contribution in [0.3, 0.4) is 0 Å². The molecule has 1 aromatic heterocycles. The van der Waals surface area contributed by atoms with E-state index >= 15 is 0 Å². The first-order valence-corrected chi connectivity index (χ1v) is 7.69. The van der Waals surface area contributed by atoms with Crippen molar-refractivity contribution in [1.29, 1.82) is 0 Å². The minimum Gasteiger partial charge on any atom is -0.345 e. The van der Waals surface area contributed by atoms with Crippen LogP contribution in [0.1, 0.15) is 30.6 Å². The third-order valence-corrected chi connectivity index (χ3v) is 4.45. The second kappa shape index (κ2) is 5.85. The number of hydrogen-bond donors (Lipinski definition) is 1. The van der Waals surface area contributed by atoms with Gasteiger partial charge >= 0.3 is 0 Å². The van der Waals surface area contributed by atoms with Crippen LogP contribution in [-0.4, -0.2) is 57.9 Å². The first-order valence-electron chi connectivity index (χ1n) is 7.69. The highest BCUT2D eigenvalue weighted by Gasteiger charge is 2.29. The van der Waals surface area contributed by atoms with Crippen molar-refractivity contribution >= 4 is 16.9 Å². The first-order chi connectivity index (χ1) is 10.2. The van der Waals surface area contributed by atoms with Gasteiger partial charge in [-0.15, -0.1) is 0 Å². The number of amides is 1. The maximum Gasteiger partial charge on any atom is 0.253 e. The number of aromatic nitrogens is 2. The van der Waals surface area contributed by atoms with Gasteiger partial charge in [-0.1, -0.05) is 13.8 Å². The van der Waals surface area contributed by atoms with Crippen LogP contribution in [0, 0.1) is 0 Å². The summed E-state index contributed by atoms with van der Waals surface area (Å²) in [5.74, 6) is 0.126. The molecule has 1 unspecified atom stereocenters. The SMILES string of the molecule is CCN(CC)C1CCN(C(=O)c2ccc3nc[nH]c3c2)C1. The average Bonchev–Trinajstić information content (AvgIpc) is 3.16. The third kappa shape index (κ3) is 2.65. The van der Waals surface area contributed by atoms with Crippen molar-refractivity contribution in [3.05, 3.63) is 30.1 Å². The number of imidazole rings is 1. The first kappa shape index (κ1) is 14.1. The van der Waals surface area contributed by atoms with Crippen LogP contribution >= 0.6 is 0 Å². The fourth-order valence-corrected chi connectivity index (χ4v) is 3.22. The van der Waals surface area contributed by atoms with Gasteiger partial charge in [-0.3, -0.25) is 9.69 Å². The molecule has 0 bridgehead atoms. The molecule has 112 valence electrons. The molecule has 2 aromatic rings. The number of aromatic amines is 1. The number of likely N-dealkylation sites (tertiary alicyclic amines) is 1. The molecule has 1 aromatic carbocycles. The third-order valence-electron chi connectivity index (χ3n) is 4.45. The molecule has 1 N–H and O–H groups in total. The van der Waals surface area contributed by atoms with E-state index in [1.165, 1.54) is 0 Å². The molecule has 1 amide bonds. The summed E-state index contributed by atoms with van der Waals surface area (Å²) in [6.07, 6.45) is 2.73. The fourth-order valence-electron chi connectivity index (χ4n) is 3.22. The number of H-pyrrole nitrogens is 1. The number of likely N-dealkylation sites (N-methyl/N-ethyl adjacent to an activating group) is 1. The van der Waals surface area contributed by atoms with Crippen LogP contribution in [0.5, 0.6) is 0 Å². The molecular formula is C16H22N4O. The van der Waals surface area contributed by atoms with Gasteiger partial charge in [0.1, 0.15) is 0 Å². The Balaban J connectivity index is 1.73. The second-order valence-electron chi connectivity index (χ2n) is 5.55. The van der Waals surface area contributed by atoms with E-state index in [0.29, 0.717) is 6.04 Å². The largest absolute Gasteiger partial charge is 0.345 e. The second-order valence-corrected chi connectivity index (χ2v) is 5.55. The van der Waals surface area contributed by atoms with Gasteiger partial charge in [0.25, 0.3) is 5.91 Å². The van der Waals surface area contributed by atoms with Crippen molar-refractivity contribution in [1.82, 2.24) is 19.8 Å². The molecule has 1 atom stereocenters. The van der Waals surface area contributed by atoms with Gasteiger partial charge in [-0.2, -0.15) is 0 Å². The zero-order valence-electron chi connectivity index (χ0n) is 12.7. The molecule has 0 aliphatic carbocycles. The molecule has 1 aliphatic rings. The van der Waals surface area contributed by atoms with E-state index in [-0.39, 0.29) is 5.91 Å². The molecule has 0 spiro atoms. The Morgan fingerprint density at radius 3 is 3.00 bits per heavy atom. The number of fused-ring (bicyclic) bond motifs is 1. The van der Waals surface area contributed by atoms with Gasteiger partial charge in [-0.25, -0.2) is 4.98 Å². The fraction of sp³-hybridized carbons (Fsp3) is 0.500. The highest BCUT2D eigenvalue weighted by molar-refractivity contribution is 5.97. The maximum atomic E-state index is 12.6. The highest BCUT2D eigenvalue weighted by Crippen LogP contribution is 2.19. The van der Waals surface area contributed by atoms with Crippen molar-refractivity contribution < 1.29 is 4.79 Å². The Kier molecular flexibility index (Phi) is 3.92. The number of nitrogens with one attached hydrogen (secondary N) is 1. The van der Waals surface area contributed by atoms with Crippen molar-refractivity contribution in [3.8, 4) is 0 Å². The molecule has 21 heavy (non-hydrogen) atoms. The lowest BCUT2D eigenvalue weighted by molar-refractivity contribution is 0.0778. The van der Waals surface area contributed by atoms with E-state index in [2.05, 4.69) is 28.7 Å². The highest BCUT2D eigenvalue weighted by atomic mass is 16.2. The van der Waals surface area contributed by atoms with E-state index < -0.39 is 0 Å². The smallest absolute Gasteiger partial charge is 0.253 e. The summed E-state index contributed by atoms with van der Waals surface area (Å²) in [6, 6.07) is 6.17. The minimum atomic E-state index is 0.126. The number of benzene rings is 1. The maximum absolute atomic E-state index is 12.6. The molecule has 1 saturated heterocycles. The normalized spacial score (nSPS) is 18.8. The van der Waals surface area contributed by atoms with Gasteiger partial charge < -0.3 is 9.88 Å².